The third-order valence-corrected chi connectivity index (χ3v) is 3.43. The molecule has 4 nitrogen and oxygen atoms in total. The standard InChI is InChI=1S/C9H15N3OS/c1-7-11-12-8(14-7)10-6-9(13)4-2-3-5-9/h13H,2-6H2,1H3,(H,10,12). The van der Waals surface area contributed by atoms with Gasteiger partial charge in [0.1, 0.15) is 5.01 Å². The molecule has 78 valence electrons. The lowest BCUT2D eigenvalue weighted by atomic mass is 10.0. The van der Waals surface area contributed by atoms with Gasteiger partial charge in [0.05, 0.1) is 5.60 Å². The molecule has 0 amide bonds. The Bertz CT molecular complexity index is 307. The van der Waals surface area contributed by atoms with E-state index in [2.05, 4.69) is 15.5 Å². The molecule has 0 saturated heterocycles. The van der Waals surface area contributed by atoms with Crippen LogP contribution in [-0.4, -0.2) is 27.4 Å². The lowest BCUT2D eigenvalue weighted by molar-refractivity contribution is 0.0614. The normalized spacial score (nSPS) is 19.9. The smallest absolute Gasteiger partial charge is 0.205 e. The molecular formula is C9H15N3OS. The highest BCUT2D eigenvalue weighted by Gasteiger charge is 2.30. The second-order valence-corrected chi connectivity index (χ2v) is 5.09. The Morgan fingerprint density at radius 2 is 2.14 bits per heavy atom. The lowest BCUT2D eigenvalue weighted by Gasteiger charge is -2.21. The summed E-state index contributed by atoms with van der Waals surface area (Å²) < 4.78 is 0. The van der Waals surface area contributed by atoms with Crippen molar-refractivity contribution < 1.29 is 5.11 Å². The van der Waals surface area contributed by atoms with Crippen LogP contribution in [0.5, 0.6) is 0 Å². The van der Waals surface area contributed by atoms with Gasteiger partial charge in [-0.05, 0) is 19.8 Å². The second-order valence-electron chi connectivity index (χ2n) is 3.91. The predicted molar refractivity (Wildman–Crippen MR) is 56.6 cm³/mol. The van der Waals surface area contributed by atoms with Crippen molar-refractivity contribution in [1.82, 2.24) is 10.2 Å². The van der Waals surface area contributed by atoms with Crippen molar-refractivity contribution in [2.45, 2.75) is 38.2 Å². The molecule has 1 heterocycles. The van der Waals surface area contributed by atoms with E-state index in [0.29, 0.717) is 6.54 Å². The van der Waals surface area contributed by atoms with Gasteiger partial charge < -0.3 is 10.4 Å². The molecule has 0 bridgehead atoms. The molecule has 1 aromatic heterocycles. The zero-order chi connectivity index (χ0) is 10.0. The average molecular weight is 213 g/mol. The van der Waals surface area contributed by atoms with Gasteiger partial charge >= 0.3 is 0 Å². The first-order chi connectivity index (χ1) is 6.68. The second kappa shape index (κ2) is 3.82. The summed E-state index contributed by atoms with van der Waals surface area (Å²) in [4.78, 5) is 0. The number of aromatic nitrogens is 2. The van der Waals surface area contributed by atoms with Crippen LogP contribution in [-0.2, 0) is 0 Å². The highest BCUT2D eigenvalue weighted by Crippen LogP contribution is 2.29. The highest BCUT2D eigenvalue weighted by molar-refractivity contribution is 7.15. The molecule has 2 rings (SSSR count). The maximum absolute atomic E-state index is 10.1. The summed E-state index contributed by atoms with van der Waals surface area (Å²) in [6.45, 7) is 2.52. The molecule has 0 unspecified atom stereocenters. The van der Waals surface area contributed by atoms with Crippen LogP contribution >= 0.6 is 11.3 Å². The summed E-state index contributed by atoms with van der Waals surface area (Å²) >= 11 is 1.53. The quantitative estimate of drug-likeness (QED) is 0.800. The number of nitrogens with one attached hydrogen (secondary N) is 1. The summed E-state index contributed by atoms with van der Waals surface area (Å²) in [6.07, 6.45) is 4.07. The van der Waals surface area contributed by atoms with Gasteiger partial charge in [-0.15, -0.1) is 10.2 Å². The van der Waals surface area contributed by atoms with Crippen LogP contribution < -0.4 is 5.32 Å². The Morgan fingerprint density at radius 1 is 1.43 bits per heavy atom. The molecule has 14 heavy (non-hydrogen) atoms. The first kappa shape index (κ1) is 9.86. The Balaban J connectivity index is 1.87. The van der Waals surface area contributed by atoms with Crippen molar-refractivity contribution in [2.75, 3.05) is 11.9 Å². The monoisotopic (exact) mass is 213 g/mol. The fourth-order valence-corrected chi connectivity index (χ4v) is 2.41. The molecule has 0 atom stereocenters. The third kappa shape index (κ3) is 2.22. The zero-order valence-electron chi connectivity index (χ0n) is 8.29. The first-order valence-corrected chi connectivity index (χ1v) is 5.76. The molecule has 1 fully saturated rings. The van der Waals surface area contributed by atoms with Crippen molar-refractivity contribution >= 4 is 16.5 Å². The van der Waals surface area contributed by atoms with E-state index < -0.39 is 5.60 Å². The van der Waals surface area contributed by atoms with Gasteiger partial charge in [-0.2, -0.15) is 0 Å². The maximum atomic E-state index is 10.1. The fourth-order valence-electron chi connectivity index (χ4n) is 1.82. The number of hydrogen-bond donors (Lipinski definition) is 2. The largest absolute Gasteiger partial charge is 0.388 e. The van der Waals surface area contributed by atoms with Crippen molar-refractivity contribution in [3.05, 3.63) is 5.01 Å². The topological polar surface area (TPSA) is 58.0 Å². The molecule has 2 N–H and O–H groups in total. The minimum Gasteiger partial charge on any atom is -0.388 e. The van der Waals surface area contributed by atoms with Crippen LogP contribution in [0.25, 0.3) is 0 Å². The minimum absolute atomic E-state index is 0.514. The average Bonchev–Trinajstić information content (AvgIpc) is 2.73. The molecule has 1 aliphatic carbocycles. The third-order valence-electron chi connectivity index (χ3n) is 2.63. The number of aryl methyl sites for hydroxylation is 1. The van der Waals surface area contributed by atoms with Gasteiger partial charge in [-0.25, -0.2) is 0 Å². The Hall–Kier alpha value is -0.680. The van der Waals surface area contributed by atoms with Gasteiger partial charge in [0.25, 0.3) is 0 Å². The summed E-state index contributed by atoms with van der Waals surface area (Å²) in [5.74, 6) is 0. The number of aliphatic hydroxyl groups is 1. The van der Waals surface area contributed by atoms with E-state index in [1.54, 1.807) is 0 Å². The van der Waals surface area contributed by atoms with E-state index in [1.165, 1.54) is 11.3 Å². The Kier molecular flexibility index (Phi) is 2.69. The van der Waals surface area contributed by atoms with Crippen LogP contribution in [0.2, 0.25) is 0 Å². The van der Waals surface area contributed by atoms with E-state index in [1.807, 2.05) is 6.92 Å². The van der Waals surface area contributed by atoms with E-state index in [9.17, 15) is 5.11 Å². The van der Waals surface area contributed by atoms with Gasteiger partial charge in [0.2, 0.25) is 5.13 Å². The zero-order valence-corrected chi connectivity index (χ0v) is 9.10. The van der Waals surface area contributed by atoms with Crippen LogP contribution in [0.1, 0.15) is 30.7 Å². The summed E-state index contributed by atoms with van der Waals surface area (Å²) in [7, 11) is 0. The van der Waals surface area contributed by atoms with Gasteiger partial charge in [-0.1, -0.05) is 24.2 Å². The van der Waals surface area contributed by atoms with Gasteiger partial charge in [-0.3, -0.25) is 0 Å². The predicted octanol–water partition coefficient (Wildman–Crippen LogP) is 1.56. The molecule has 5 heteroatoms. The van der Waals surface area contributed by atoms with Crippen molar-refractivity contribution in [3.63, 3.8) is 0 Å². The Morgan fingerprint density at radius 3 is 2.71 bits per heavy atom. The van der Waals surface area contributed by atoms with Gasteiger partial charge in [0, 0.05) is 6.54 Å². The van der Waals surface area contributed by atoms with E-state index in [0.717, 1.165) is 35.8 Å². The minimum atomic E-state index is -0.514. The van der Waals surface area contributed by atoms with Crippen molar-refractivity contribution in [2.24, 2.45) is 0 Å². The molecule has 0 radical (unpaired) electrons. The SMILES string of the molecule is Cc1nnc(NCC2(O)CCCC2)s1. The molecule has 1 saturated carbocycles. The van der Waals surface area contributed by atoms with Crippen molar-refractivity contribution in [3.8, 4) is 0 Å². The van der Waals surface area contributed by atoms with E-state index >= 15 is 0 Å². The Labute approximate surface area is 87.4 Å². The van der Waals surface area contributed by atoms with E-state index in [4.69, 9.17) is 0 Å². The maximum Gasteiger partial charge on any atom is 0.205 e. The number of rotatable bonds is 3. The van der Waals surface area contributed by atoms with Gasteiger partial charge in [0.15, 0.2) is 0 Å². The number of hydrogen-bond acceptors (Lipinski definition) is 5. The lowest BCUT2D eigenvalue weighted by Crippen LogP contribution is -2.33. The van der Waals surface area contributed by atoms with Crippen LogP contribution in [0.15, 0.2) is 0 Å². The molecule has 1 aromatic rings. The molecular weight excluding hydrogens is 198 g/mol. The summed E-state index contributed by atoms with van der Waals surface area (Å²) in [6, 6.07) is 0. The van der Waals surface area contributed by atoms with E-state index in [-0.39, 0.29) is 0 Å². The van der Waals surface area contributed by atoms with Crippen LogP contribution in [0.4, 0.5) is 5.13 Å². The molecule has 0 aromatic carbocycles. The summed E-state index contributed by atoms with van der Waals surface area (Å²) in [5, 5.41) is 22.8. The molecule has 0 aliphatic heterocycles. The van der Waals surface area contributed by atoms with Crippen LogP contribution in [0.3, 0.4) is 0 Å². The molecule has 1 aliphatic rings. The number of anilines is 1. The fraction of sp³-hybridized carbons (Fsp3) is 0.778. The first-order valence-electron chi connectivity index (χ1n) is 4.94. The number of nitrogens with zero attached hydrogens (tertiary/aromatic N) is 2. The van der Waals surface area contributed by atoms with Crippen LogP contribution in [0, 0.1) is 6.92 Å². The van der Waals surface area contributed by atoms with Crippen molar-refractivity contribution in [1.29, 1.82) is 0 Å². The highest BCUT2D eigenvalue weighted by atomic mass is 32.1. The summed E-state index contributed by atoms with van der Waals surface area (Å²) in [5.41, 5.74) is -0.514. The molecule has 0 spiro atoms.